The molecule has 0 radical (unpaired) electrons. The molecule has 7 heteroatoms. The van der Waals surface area contributed by atoms with E-state index in [0.29, 0.717) is 18.6 Å². The van der Waals surface area contributed by atoms with Gasteiger partial charge in [0, 0.05) is 50.5 Å². The average Bonchev–Trinajstić information content (AvgIpc) is 2.89. The van der Waals surface area contributed by atoms with Gasteiger partial charge in [-0.25, -0.2) is 4.99 Å². The van der Waals surface area contributed by atoms with Crippen LogP contribution in [-0.2, 0) is 13.6 Å². The Balaban J connectivity index is 0.00000529. The van der Waals surface area contributed by atoms with Crippen LogP contribution in [0.2, 0.25) is 0 Å². The minimum absolute atomic E-state index is 0. The van der Waals surface area contributed by atoms with Crippen LogP contribution in [0.15, 0.2) is 17.4 Å². The van der Waals surface area contributed by atoms with Gasteiger partial charge in [0.25, 0.3) is 0 Å². The first-order chi connectivity index (χ1) is 10.9. The van der Waals surface area contributed by atoms with Crippen molar-refractivity contribution in [1.29, 1.82) is 0 Å². The minimum atomic E-state index is 0. The number of halogens is 1. The third kappa shape index (κ3) is 8.86. The van der Waals surface area contributed by atoms with E-state index in [2.05, 4.69) is 60.2 Å². The van der Waals surface area contributed by atoms with Crippen LogP contribution in [0.25, 0.3) is 0 Å². The summed E-state index contributed by atoms with van der Waals surface area (Å²) >= 11 is 0. The Labute approximate surface area is 164 Å². The third-order valence-electron chi connectivity index (χ3n) is 3.73. The summed E-state index contributed by atoms with van der Waals surface area (Å²) in [6, 6.07) is 1.17. The van der Waals surface area contributed by atoms with Gasteiger partial charge >= 0.3 is 0 Å². The van der Waals surface area contributed by atoms with E-state index in [0.717, 1.165) is 37.6 Å². The minimum Gasteiger partial charge on any atom is -0.357 e. The lowest BCUT2D eigenvalue weighted by Crippen LogP contribution is -2.41. The molecule has 1 aromatic heterocycles. The Morgan fingerprint density at radius 1 is 1.25 bits per heavy atom. The summed E-state index contributed by atoms with van der Waals surface area (Å²) in [5.74, 6) is 0.872. The first-order valence-corrected chi connectivity index (χ1v) is 8.69. The van der Waals surface area contributed by atoms with E-state index in [1.165, 1.54) is 0 Å². The Morgan fingerprint density at radius 2 is 1.92 bits per heavy atom. The molecular formula is C17H35IN6. The second-order valence-electron chi connectivity index (χ2n) is 6.42. The van der Waals surface area contributed by atoms with E-state index in [9.17, 15) is 0 Å². The molecule has 0 aliphatic carbocycles. The van der Waals surface area contributed by atoms with Crippen molar-refractivity contribution in [2.24, 2.45) is 12.0 Å². The van der Waals surface area contributed by atoms with Crippen LogP contribution in [0.5, 0.6) is 0 Å². The van der Waals surface area contributed by atoms with Gasteiger partial charge in [-0.05, 0) is 41.0 Å². The summed E-state index contributed by atoms with van der Waals surface area (Å²) < 4.78 is 1.80. The second-order valence-corrected chi connectivity index (χ2v) is 6.42. The molecule has 0 saturated carbocycles. The molecule has 140 valence electrons. The number of aromatic nitrogens is 2. The normalized spacial score (nSPS) is 12.0. The van der Waals surface area contributed by atoms with Crippen molar-refractivity contribution in [3.8, 4) is 0 Å². The van der Waals surface area contributed by atoms with Crippen LogP contribution in [0, 0.1) is 0 Å². The Kier molecular flexibility index (Phi) is 12.1. The second kappa shape index (κ2) is 12.5. The maximum atomic E-state index is 4.61. The molecule has 0 unspecified atom stereocenters. The van der Waals surface area contributed by atoms with Crippen LogP contribution in [0.4, 0.5) is 0 Å². The van der Waals surface area contributed by atoms with Crippen molar-refractivity contribution in [2.45, 2.75) is 59.7 Å². The SMILES string of the molecule is CCNC(=NCc1cnn(C)c1)NCCCN(C(C)C)C(C)C.I. The van der Waals surface area contributed by atoms with Crippen molar-refractivity contribution in [2.75, 3.05) is 19.6 Å². The molecule has 1 rings (SSSR count). The zero-order valence-electron chi connectivity index (χ0n) is 16.0. The van der Waals surface area contributed by atoms with E-state index < -0.39 is 0 Å². The smallest absolute Gasteiger partial charge is 0.191 e. The molecule has 24 heavy (non-hydrogen) atoms. The molecule has 0 aromatic carbocycles. The lowest BCUT2D eigenvalue weighted by molar-refractivity contribution is 0.173. The lowest BCUT2D eigenvalue weighted by atomic mass is 10.2. The fraction of sp³-hybridized carbons (Fsp3) is 0.765. The molecule has 2 N–H and O–H groups in total. The van der Waals surface area contributed by atoms with Crippen LogP contribution < -0.4 is 10.6 Å². The standard InChI is InChI=1S/C17H34N6.HI/c1-7-18-17(20-11-16-12-21-22(6)13-16)19-9-8-10-23(14(2)3)15(4)5;/h12-15H,7-11H2,1-6H3,(H2,18,19,20);1H. The van der Waals surface area contributed by atoms with Gasteiger partial charge in [0.05, 0.1) is 12.7 Å². The lowest BCUT2D eigenvalue weighted by Gasteiger charge is -2.30. The van der Waals surface area contributed by atoms with Crippen LogP contribution in [0.3, 0.4) is 0 Å². The number of aliphatic imine (C=N–C) groups is 1. The highest BCUT2D eigenvalue weighted by atomic mass is 127. The zero-order valence-corrected chi connectivity index (χ0v) is 18.4. The van der Waals surface area contributed by atoms with E-state index >= 15 is 0 Å². The summed E-state index contributed by atoms with van der Waals surface area (Å²) in [6.45, 7) is 14.6. The van der Waals surface area contributed by atoms with Crippen LogP contribution >= 0.6 is 24.0 Å². The Hall–Kier alpha value is -0.830. The van der Waals surface area contributed by atoms with Gasteiger partial charge in [0.1, 0.15) is 0 Å². The number of hydrogen-bond acceptors (Lipinski definition) is 3. The Morgan fingerprint density at radius 3 is 2.42 bits per heavy atom. The highest BCUT2D eigenvalue weighted by molar-refractivity contribution is 14.0. The first kappa shape index (κ1) is 23.2. The molecule has 1 heterocycles. The van der Waals surface area contributed by atoms with Crippen molar-refractivity contribution in [1.82, 2.24) is 25.3 Å². The largest absolute Gasteiger partial charge is 0.357 e. The molecule has 6 nitrogen and oxygen atoms in total. The van der Waals surface area contributed by atoms with Crippen LogP contribution in [0.1, 0.15) is 46.6 Å². The first-order valence-electron chi connectivity index (χ1n) is 8.69. The predicted octanol–water partition coefficient (Wildman–Crippen LogP) is 2.60. The van der Waals surface area contributed by atoms with Crippen molar-refractivity contribution in [3.05, 3.63) is 18.0 Å². The highest BCUT2D eigenvalue weighted by Gasteiger charge is 2.12. The predicted molar refractivity (Wildman–Crippen MR) is 113 cm³/mol. The maximum Gasteiger partial charge on any atom is 0.191 e. The quantitative estimate of drug-likeness (QED) is 0.263. The molecule has 0 bridgehead atoms. The molecule has 0 saturated heterocycles. The molecule has 1 aromatic rings. The van der Waals surface area contributed by atoms with Gasteiger partial charge in [-0.2, -0.15) is 5.10 Å². The fourth-order valence-corrected chi connectivity index (χ4v) is 2.65. The molecule has 0 amide bonds. The molecule has 0 fully saturated rings. The Bertz CT molecular complexity index is 461. The fourth-order valence-electron chi connectivity index (χ4n) is 2.65. The van der Waals surface area contributed by atoms with E-state index in [1.54, 1.807) is 4.68 Å². The maximum absolute atomic E-state index is 4.61. The topological polar surface area (TPSA) is 57.5 Å². The molecule has 0 spiro atoms. The number of rotatable bonds is 9. The highest BCUT2D eigenvalue weighted by Crippen LogP contribution is 2.05. The number of hydrogen-bond donors (Lipinski definition) is 2. The van der Waals surface area contributed by atoms with Crippen molar-refractivity contribution >= 4 is 29.9 Å². The zero-order chi connectivity index (χ0) is 17.2. The molecular weight excluding hydrogens is 415 g/mol. The van der Waals surface area contributed by atoms with Crippen molar-refractivity contribution in [3.63, 3.8) is 0 Å². The number of aryl methyl sites for hydroxylation is 1. The van der Waals surface area contributed by atoms with Gasteiger partial charge in [-0.3, -0.25) is 9.58 Å². The summed E-state index contributed by atoms with van der Waals surface area (Å²) in [4.78, 5) is 7.13. The third-order valence-corrected chi connectivity index (χ3v) is 3.73. The summed E-state index contributed by atoms with van der Waals surface area (Å²) in [5, 5.41) is 10.9. The number of nitrogens with zero attached hydrogens (tertiary/aromatic N) is 4. The number of nitrogens with one attached hydrogen (secondary N) is 2. The summed E-state index contributed by atoms with van der Waals surface area (Å²) in [5.41, 5.74) is 1.12. The molecule has 0 aliphatic rings. The van der Waals surface area contributed by atoms with E-state index in [1.807, 2.05) is 19.4 Å². The van der Waals surface area contributed by atoms with Crippen LogP contribution in [-0.4, -0.2) is 52.4 Å². The van der Waals surface area contributed by atoms with Gasteiger partial charge < -0.3 is 10.6 Å². The summed E-state index contributed by atoms with van der Waals surface area (Å²) in [7, 11) is 1.92. The number of guanidine groups is 1. The van der Waals surface area contributed by atoms with E-state index in [4.69, 9.17) is 0 Å². The monoisotopic (exact) mass is 450 g/mol. The molecule has 0 aliphatic heterocycles. The van der Waals surface area contributed by atoms with Gasteiger partial charge in [-0.15, -0.1) is 24.0 Å². The van der Waals surface area contributed by atoms with Gasteiger partial charge in [-0.1, -0.05) is 0 Å². The van der Waals surface area contributed by atoms with Gasteiger partial charge in [0.2, 0.25) is 0 Å². The van der Waals surface area contributed by atoms with Crippen molar-refractivity contribution < 1.29 is 0 Å². The summed E-state index contributed by atoms with van der Waals surface area (Å²) in [6.07, 6.45) is 4.96. The molecule has 0 atom stereocenters. The van der Waals surface area contributed by atoms with Gasteiger partial charge in [0.15, 0.2) is 5.96 Å². The van der Waals surface area contributed by atoms with E-state index in [-0.39, 0.29) is 24.0 Å². The average molecular weight is 450 g/mol.